The lowest BCUT2D eigenvalue weighted by Crippen LogP contribution is -2.48. The molecule has 21 heavy (non-hydrogen) atoms. The molecule has 1 aromatic carbocycles. The molecule has 118 valence electrons. The van der Waals surface area contributed by atoms with E-state index in [1.54, 1.807) is 12.1 Å². The van der Waals surface area contributed by atoms with Crippen LogP contribution in [0.4, 0.5) is 0 Å². The molecule has 8 heteroatoms. The third kappa shape index (κ3) is 4.65. The van der Waals surface area contributed by atoms with Crippen molar-refractivity contribution in [2.45, 2.75) is 10.9 Å². The van der Waals surface area contributed by atoms with E-state index in [0.717, 1.165) is 6.54 Å². The van der Waals surface area contributed by atoms with Crippen LogP contribution in [-0.2, 0) is 14.8 Å². The van der Waals surface area contributed by atoms with E-state index in [1.807, 2.05) is 0 Å². The number of hydrogen-bond donors (Lipinski definition) is 2. The molecule has 0 spiro atoms. The maximum absolute atomic E-state index is 11.1. The molecule has 1 aromatic rings. The highest BCUT2D eigenvalue weighted by molar-refractivity contribution is 7.89. The first-order valence-corrected chi connectivity index (χ1v) is 8.23. The minimum atomic E-state index is -3.67. The highest BCUT2D eigenvalue weighted by Gasteiger charge is 2.21. The highest BCUT2D eigenvalue weighted by Crippen LogP contribution is 2.15. The molecule has 2 rings (SSSR count). The normalized spacial score (nSPS) is 20.4. The summed E-state index contributed by atoms with van der Waals surface area (Å²) in [4.78, 5) is 2.17. The van der Waals surface area contributed by atoms with Crippen LogP contribution in [0.3, 0.4) is 0 Å². The van der Waals surface area contributed by atoms with Crippen LogP contribution in [0.25, 0.3) is 0 Å². The Balaban J connectivity index is 1.83. The second-order valence-electron chi connectivity index (χ2n) is 4.81. The predicted molar refractivity (Wildman–Crippen MR) is 76.6 cm³/mol. The summed E-state index contributed by atoms with van der Waals surface area (Å²) in [5, 5.41) is 14.3. The molecular weight excluding hydrogens is 296 g/mol. The van der Waals surface area contributed by atoms with Crippen LogP contribution in [0.1, 0.15) is 0 Å². The summed E-state index contributed by atoms with van der Waals surface area (Å²) >= 11 is 0. The fourth-order valence-corrected chi connectivity index (χ4v) is 2.67. The van der Waals surface area contributed by atoms with Crippen LogP contribution < -0.4 is 9.88 Å². The van der Waals surface area contributed by atoms with E-state index >= 15 is 0 Å². The molecular formula is C13H20N2O5S. The molecule has 1 aliphatic heterocycles. The Morgan fingerprint density at radius 3 is 2.71 bits per heavy atom. The second kappa shape index (κ2) is 7.19. The zero-order chi connectivity index (χ0) is 15.3. The van der Waals surface area contributed by atoms with Gasteiger partial charge in [0.2, 0.25) is 10.0 Å². The average Bonchev–Trinajstić information content (AvgIpc) is 2.47. The Morgan fingerprint density at radius 2 is 2.10 bits per heavy atom. The molecule has 0 saturated carbocycles. The summed E-state index contributed by atoms with van der Waals surface area (Å²) in [6.45, 7) is 3.12. The third-order valence-corrected chi connectivity index (χ3v) is 4.29. The van der Waals surface area contributed by atoms with Crippen LogP contribution >= 0.6 is 0 Å². The van der Waals surface area contributed by atoms with Crippen molar-refractivity contribution in [2.75, 3.05) is 39.5 Å². The van der Waals surface area contributed by atoms with Gasteiger partial charge in [0.15, 0.2) is 0 Å². The third-order valence-electron chi connectivity index (χ3n) is 3.36. The number of aliphatic hydroxyl groups is 1. The quantitative estimate of drug-likeness (QED) is 0.727. The first-order valence-electron chi connectivity index (χ1n) is 6.69. The van der Waals surface area contributed by atoms with Gasteiger partial charge in [-0.2, -0.15) is 0 Å². The molecule has 0 aliphatic carbocycles. The Kier molecular flexibility index (Phi) is 5.54. The lowest BCUT2D eigenvalue weighted by atomic mass is 10.2. The molecule has 7 nitrogen and oxygen atoms in total. The zero-order valence-electron chi connectivity index (χ0n) is 11.6. The van der Waals surface area contributed by atoms with Crippen molar-refractivity contribution in [3.63, 3.8) is 0 Å². The van der Waals surface area contributed by atoms with Gasteiger partial charge in [0.05, 0.1) is 30.8 Å². The molecule has 1 atom stereocenters. The van der Waals surface area contributed by atoms with Gasteiger partial charge in [-0.1, -0.05) is 0 Å². The molecule has 1 heterocycles. The first kappa shape index (κ1) is 16.2. The van der Waals surface area contributed by atoms with E-state index in [0.29, 0.717) is 32.1 Å². The number of sulfonamides is 1. The van der Waals surface area contributed by atoms with Gasteiger partial charge in [0.1, 0.15) is 12.4 Å². The van der Waals surface area contributed by atoms with Gasteiger partial charge in [0.25, 0.3) is 0 Å². The number of rotatable bonds is 6. The number of morpholine rings is 1. The highest BCUT2D eigenvalue weighted by atomic mass is 32.2. The summed E-state index contributed by atoms with van der Waals surface area (Å²) in [6.07, 6.45) is 0. The first-order chi connectivity index (χ1) is 10.0. The van der Waals surface area contributed by atoms with E-state index in [1.165, 1.54) is 12.1 Å². The van der Waals surface area contributed by atoms with Crippen molar-refractivity contribution in [3.05, 3.63) is 24.3 Å². The number of ether oxygens (including phenoxy) is 2. The number of hydrogen-bond acceptors (Lipinski definition) is 6. The van der Waals surface area contributed by atoms with Crippen LogP contribution in [0.15, 0.2) is 29.2 Å². The minimum Gasteiger partial charge on any atom is -0.492 e. The number of aliphatic hydroxyl groups excluding tert-OH is 1. The molecule has 0 amide bonds. The van der Waals surface area contributed by atoms with Crippen molar-refractivity contribution in [2.24, 2.45) is 5.14 Å². The summed E-state index contributed by atoms with van der Waals surface area (Å²) in [7, 11) is -3.67. The molecule has 0 bridgehead atoms. The lowest BCUT2D eigenvalue weighted by Gasteiger charge is -2.34. The van der Waals surface area contributed by atoms with E-state index < -0.39 is 10.0 Å². The van der Waals surface area contributed by atoms with Crippen LogP contribution in [0, 0.1) is 0 Å². The van der Waals surface area contributed by atoms with Crippen LogP contribution in [0.2, 0.25) is 0 Å². The van der Waals surface area contributed by atoms with Crippen LogP contribution in [0.5, 0.6) is 5.75 Å². The Labute approximate surface area is 124 Å². The van der Waals surface area contributed by atoms with Gasteiger partial charge < -0.3 is 14.6 Å². The number of nitrogens with two attached hydrogens (primary N) is 1. The molecule has 3 N–H and O–H groups in total. The van der Waals surface area contributed by atoms with Gasteiger partial charge in [0, 0.05) is 13.1 Å². The van der Waals surface area contributed by atoms with Gasteiger partial charge in [-0.05, 0) is 24.3 Å². The average molecular weight is 316 g/mol. The fourth-order valence-electron chi connectivity index (χ4n) is 2.16. The Bertz CT molecular complexity index is 546. The summed E-state index contributed by atoms with van der Waals surface area (Å²) in [5.41, 5.74) is 0. The number of nitrogens with zero attached hydrogens (tertiary/aromatic N) is 1. The van der Waals surface area contributed by atoms with E-state index in [4.69, 9.17) is 14.6 Å². The van der Waals surface area contributed by atoms with E-state index in [-0.39, 0.29) is 17.5 Å². The number of benzene rings is 1. The summed E-state index contributed by atoms with van der Waals surface area (Å²) in [6, 6.07) is 5.98. The molecule has 0 aromatic heterocycles. The van der Waals surface area contributed by atoms with Gasteiger partial charge in [-0.15, -0.1) is 0 Å². The molecule has 1 fully saturated rings. The van der Waals surface area contributed by atoms with Crippen molar-refractivity contribution in [3.8, 4) is 5.75 Å². The molecule has 0 radical (unpaired) electrons. The summed E-state index contributed by atoms with van der Waals surface area (Å²) in [5.74, 6) is 0.580. The minimum absolute atomic E-state index is 0.00658. The maximum atomic E-state index is 11.1. The predicted octanol–water partition coefficient (Wildman–Crippen LogP) is -0.594. The van der Waals surface area contributed by atoms with Crippen molar-refractivity contribution >= 4 is 10.0 Å². The van der Waals surface area contributed by atoms with Crippen molar-refractivity contribution in [1.82, 2.24) is 4.90 Å². The van der Waals surface area contributed by atoms with E-state index in [2.05, 4.69) is 4.90 Å². The smallest absolute Gasteiger partial charge is 0.238 e. The molecule has 1 saturated heterocycles. The van der Waals surface area contributed by atoms with Crippen molar-refractivity contribution in [1.29, 1.82) is 0 Å². The van der Waals surface area contributed by atoms with Gasteiger partial charge >= 0.3 is 0 Å². The maximum Gasteiger partial charge on any atom is 0.238 e. The Morgan fingerprint density at radius 1 is 1.38 bits per heavy atom. The summed E-state index contributed by atoms with van der Waals surface area (Å²) < 4.78 is 33.1. The largest absolute Gasteiger partial charge is 0.492 e. The fraction of sp³-hybridized carbons (Fsp3) is 0.538. The monoisotopic (exact) mass is 316 g/mol. The van der Waals surface area contributed by atoms with Gasteiger partial charge in [-0.3, -0.25) is 4.90 Å². The lowest BCUT2D eigenvalue weighted by molar-refractivity contribution is -0.0312. The standard InChI is InChI=1S/C13H20N2O5S/c14-21(17,18)13-3-1-12(2-4-13)20-8-6-15-5-7-19-10-11(15)9-16/h1-4,11,16H,5-10H2,(H2,14,17,18). The number of primary sulfonamides is 1. The molecule has 1 unspecified atom stereocenters. The SMILES string of the molecule is NS(=O)(=O)c1ccc(OCCN2CCOCC2CO)cc1. The molecule has 1 aliphatic rings. The van der Waals surface area contributed by atoms with E-state index in [9.17, 15) is 13.5 Å². The van der Waals surface area contributed by atoms with Crippen molar-refractivity contribution < 1.29 is 23.0 Å². The van der Waals surface area contributed by atoms with Gasteiger partial charge in [-0.25, -0.2) is 13.6 Å². The van der Waals surface area contributed by atoms with Crippen LogP contribution in [-0.4, -0.2) is 64.0 Å². The Hall–Kier alpha value is -1.19. The zero-order valence-corrected chi connectivity index (χ0v) is 12.5. The second-order valence-corrected chi connectivity index (χ2v) is 6.37. The topological polar surface area (TPSA) is 102 Å².